The first-order valence-electron chi connectivity index (χ1n) is 15.4. The summed E-state index contributed by atoms with van der Waals surface area (Å²) >= 11 is 0. The number of carbonyl (C=O) groups is 1. The van der Waals surface area contributed by atoms with E-state index in [4.69, 9.17) is 10.5 Å². The van der Waals surface area contributed by atoms with Crippen LogP contribution in [0.3, 0.4) is 0 Å². The molecule has 1 amide bonds. The van der Waals surface area contributed by atoms with Crippen molar-refractivity contribution < 1.29 is 26.7 Å². The molecule has 0 spiro atoms. The molecule has 3 saturated heterocycles. The van der Waals surface area contributed by atoms with Crippen LogP contribution in [0.25, 0.3) is 0 Å². The van der Waals surface area contributed by atoms with Crippen molar-refractivity contribution in [1.29, 1.82) is 0 Å². The van der Waals surface area contributed by atoms with E-state index in [0.29, 0.717) is 50.0 Å². The second kappa shape index (κ2) is 13.3. The van der Waals surface area contributed by atoms with Crippen LogP contribution in [-0.2, 0) is 26.0 Å². The summed E-state index contributed by atoms with van der Waals surface area (Å²) in [5, 5.41) is 5.89. The van der Waals surface area contributed by atoms with Crippen LogP contribution >= 0.6 is 0 Å². The summed E-state index contributed by atoms with van der Waals surface area (Å²) in [7, 11) is -3.45. The maximum absolute atomic E-state index is 15.2. The average molecular weight is 619 g/mol. The van der Waals surface area contributed by atoms with Crippen molar-refractivity contribution in [2.75, 3.05) is 18.4 Å². The molecule has 3 heterocycles. The number of carbonyl (C=O) groups excluding carboxylic acids is 1. The van der Waals surface area contributed by atoms with Crippen LogP contribution in [-0.4, -0.2) is 67.3 Å². The minimum atomic E-state index is -3.45. The SMILES string of the molecule is CC1CC[C@@H]2CN([C@@H](CCc3c(F)cccc3NC(=O)C(N)C(c3ccc(F)cc3)C3C[C@@H](C)O[C@@H](C)C3)CN2)S1(=O)=O. The van der Waals surface area contributed by atoms with Crippen molar-refractivity contribution in [2.24, 2.45) is 11.7 Å². The van der Waals surface area contributed by atoms with Crippen LogP contribution in [0.2, 0.25) is 0 Å². The Balaban J connectivity index is 1.34. The quantitative estimate of drug-likeness (QED) is 0.407. The van der Waals surface area contributed by atoms with Gasteiger partial charge in [0, 0.05) is 42.3 Å². The number of halogens is 2. The molecule has 0 radical (unpaired) electrons. The van der Waals surface area contributed by atoms with Crippen LogP contribution < -0.4 is 16.4 Å². The molecule has 9 atom stereocenters. The van der Waals surface area contributed by atoms with Crippen LogP contribution in [0, 0.1) is 17.6 Å². The van der Waals surface area contributed by atoms with Gasteiger partial charge in [-0.25, -0.2) is 17.2 Å². The number of anilines is 1. The monoisotopic (exact) mass is 618 g/mol. The fourth-order valence-electron chi connectivity index (χ4n) is 7.23. The van der Waals surface area contributed by atoms with E-state index in [0.717, 1.165) is 12.0 Å². The van der Waals surface area contributed by atoms with E-state index < -0.39 is 39.0 Å². The number of amides is 1. The number of benzene rings is 2. The molecular weight excluding hydrogens is 574 g/mol. The Morgan fingerprint density at radius 2 is 1.79 bits per heavy atom. The zero-order valence-electron chi connectivity index (χ0n) is 25.1. The first kappa shape index (κ1) is 32.0. The predicted molar refractivity (Wildman–Crippen MR) is 163 cm³/mol. The van der Waals surface area contributed by atoms with Gasteiger partial charge in [0.2, 0.25) is 15.9 Å². The summed E-state index contributed by atoms with van der Waals surface area (Å²) in [5.74, 6) is -1.67. The molecule has 43 heavy (non-hydrogen) atoms. The Morgan fingerprint density at radius 1 is 1.09 bits per heavy atom. The third-order valence-electron chi connectivity index (χ3n) is 9.50. The van der Waals surface area contributed by atoms with E-state index in [9.17, 15) is 17.6 Å². The zero-order valence-corrected chi connectivity index (χ0v) is 26.0. The lowest BCUT2D eigenvalue weighted by Crippen LogP contribution is -2.57. The molecule has 3 fully saturated rings. The standard InChI is InChI=1S/C32H44F2N4O4S/c1-19-15-23(16-20(2)42-19)30(22-8-10-24(33)11-9-22)31(35)32(39)37-29-6-4-5-28(34)27(29)14-13-26-17-36-25-12-7-21(3)43(40,41)38(26)18-25/h4-6,8-11,19-21,23,25-26,30-31,36H,7,12-18,35H2,1-3H3,(H,37,39)/t19-,20+,21?,23?,25-,26+,30?,31?/m1/s1. The minimum Gasteiger partial charge on any atom is -0.376 e. The van der Waals surface area contributed by atoms with Gasteiger partial charge in [-0.1, -0.05) is 18.2 Å². The number of nitrogens with one attached hydrogen (secondary N) is 2. The number of hydrogen-bond donors (Lipinski definition) is 3. The van der Waals surface area contributed by atoms with Gasteiger partial charge in [0.1, 0.15) is 11.6 Å². The summed E-state index contributed by atoms with van der Waals surface area (Å²) in [4.78, 5) is 13.7. The summed E-state index contributed by atoms with van der Waals surface area (Å²) in [5.41, 5.74) is 8.08. The molecule has 0 aliphatic carbocycles. The number of hydrogen-bond acceptors (Lipinski definition) is 6. The van der Waals surface area contributed by atoms with Gasteiger partial charge in [-0.05, 0) is 95.0 Å². The largest absolute Gasteiger partial charge is 0.376 e. The molecular formula is C32H44F2N4O4S. The molecule has 0 aromatic heterocycles. The highest BCUT2D eigenvalue weighted by molar-refractivity contribution is 7.89. The molecule has 2 aromatic rings. The minimum absolute atomic E-state index is 0.0117. The molecule has 3 aliphatic heterocycles. The lowest BCUT2D eigenvalue weighted by Gasteiger charge is -2.39. The Morgan fingerprint density at radius 3 is 2.49 bits per heavy atom. The van der Waals surface area contributed by atoms with Crippen molar-refractivity contribution in [3.8, 4) is 0 Å². The van der Waals surface area contributed by atoms with Gasteiger partial charge >= 0.3 is 0 Å². The molecule has 5 unspecified atom stereocenters. The number of nitrogens with two attached hydrogens (primary N) is 1. The Hall–Kier alpha value is -2.44. The average Bonchev–Trinajstić information content (AvgIpc) is 3.04. The molecule has 11 heteroatoms. The van der Waals surface area contributed by atoms with Crippen molar-refractivity contribution in [3.63, 3.8) is 0 Å². The lowest BCUT2D eigenvalue weighted by molar-refractivity contribution is -0.119. The third kappa shape index (κ3) is 7.12. The van der Waals surface area contributed by atoms with Crippen molar-refractivity contribution in [1.82, 2.24) is 9.62 Å². The number of fused-ring (bicyclic) bond motifs is 2. The summed E-state index contributed by atoms with van der Waals surface area (Å²) in [6.07, 6.45) is 3.43. The van der Waals surface area contributed by atoms with Crippen molar-refractivity contribution >= 4 is 21.6 Å². The number of nitrogens with zero attached hydrogens (tertiary/aromatic N) is 1. The van der Waals surface area contributed by atoms with Crippen LogP contribution in [0.5, 0.6) is 0 Å². The van der Waals surface area contributed by atoms with Gasteiger partial charge in [-0.2, -0.15) is 4.31 Å². The Bertz CT molecular complexity index is 1380. The summed E-state index contributed by atoms with van der Waals surface area (Å²) < 4.78 is 63.0. The molecule has 2 bridgehead atoms. The predicted octanol–water partition coefficient (Wildman–Crippen LogP) is 4.31. The molecule has 8 nitrogen and oxygen atoms in total. The smallest absolute Gasteiger partial charge is 0.241 e. The highest BCUT2D eigenvalue weighted by atomic mass is 32.2. The maximum Gasteiger partial charge on any atom is 0.241 e. The normalized spacial score (nSPS) is 31.9. The molecule has 0 saturated carbocycles. The molecule has 5 rings (SSSR count). The first-order chi connectivity index (χ1) is 20.4. The van der Waals surface area contributed by atoms with Gasteiger partial charge in [0.25, 0.3) is 0 Å². The summed E-state index contributed by atoms with van der Waals surface area (Å²) in [6.45, 7) is 6.66. The number of piperazine rings is 1. The second-order valence-electron chi connectivity index (χ2n) is 12.6. The Labute approximate surface area is 253 Å². The Kier molecular flexibility index (Phi) is 9.87. The van der Waals surface area contributed by atoms with Crippen LogP contribution in [0.15, 0.2) is 42.5 Å². The molecule has 2 aromatic carbocycles. The van der Waals surface area contributed by atoms with E-state index in [-0.39, 0.29) is 42.4 Å². The van der Waals surface area contributed by atoms with Gasteiger partial charge in [-0.15, -0.1) is 0 Å². The van der Waals surface area contributed by atoms with E-state index in [1.807, 2.05) is 13.8 Å². The van der Waals surface area contributed by atoms with Gasteiger partial charge in [-0.3, -0.25) is 4.79 Å². The van der Waals surface area contributed by atoms with Gasteiger partial charge in [0.15, 0.2) is 0 Å². The van der Waals surface area contributed by atoms with E-state index >= 15 is 4.39 Å². The third-order valence-corrected chi connectivity index (χ3v) is 11.9. The van der Waals surface area contributed by atoms with Crippen LogP contribution in [0.1, 0.15) is 69.9 Å². The van der Waals surface area contributed by atoms with Gasteiger partial charge < -0.3 is 21.1 Å². The topological polar surface area (TPSA) is 114 Å². The number of sulfonamides is 1. The van der Waals surface area contributed by atoms with Gasteiger partial charge in [0.05, 0.1) is 23.5 Å². The van der Waals surface area contributed by atoms with E-state index in [1.165, 1.54) is 24.3 Å². The molecule has 236 valence electrons. The second-order valence-corrected chi connectivity index (χ2v) is 15.0. The highest BCUT2D eigenvalue weighted by Crippen LogP contribution is 2.39. The zero-order chi connectivity index (χ0) is 30.9. The number of rotatable bonds is 8. The molecule has 3 aliphatic rings. The highest BCUT2D eigenvalue weighted by Gasteiger charge is 2.42. The first-order valence-corrected chi connectivity index (χ1v) is 16.9. The lowest BCUT2D eigenvalue weighted by atomic mass is 9.74. The van der Waals surface area contributed by atoms with E-state index in [2.05, 4.69) is 10.6 Å². The summed E-state index contributed by atoms with van der Waals surface area (Å²) in [6, 6.07) is 9.45. The maximum atomic E-state index is 15.2. The van der Waals surface area contributed by atoms with Crippen LogP contribution in [0.4, 0.5) is 14.5 Å². The molecule has 4 N–H and O–H groups in total. The van der Waals surface area contributed by atoms with Crippen molar-refractivity contribution in [3.05, 3.63) is 65.2 Å². The van der Waals surface area contributed by atoms with E-state index in [1.54, 1.807) is 29.4 Å². The fourth-order valence-corrected chi connectivity index (χ4v) is 9.11. The number of ether oxygens (including phenoxy) is 1. The fraction of sp³-hybridized carbons (Fsp3) is 0.594. The van der Waals surface area contributed by atoms with Crippen molar-refractivity contribution in [2.45, 2.75) is 101 Å².